The molecule has 0 saturated heterocycles. The topological polar surface area (TPSA) is 85.1 Å². The molecule has 0 unspecified atom stereocenters. The van der Waals surface area contributed by atoms with Crippen molar-refractivity contribution in [3.63, 3.8) is 0 Å². The minimum absolute atomic E-state index is 0.281. The van der Waals surface area contributed by atoms with Crippen LogP contribution in [0.1, 0.15) is 21.9 Å². The van der Waals surface area contributed by atoms with Crippen molar-refractivity contribution in [3.05, 3.63) is 27.6 Å². The van der Waals surface area contributed by atoms with E-state index in [1.807, 2.05) is 0 Å². The summed E-state index contributed by atoms with van der Waals surface area (Å²) in [6.07, 6.45) is 3.07. The van der Waals surface area contributed by atoms with E-state index in [1.54, 1.807) is 12.1 Å². The minimum atomic E-state index is -3.53. The monoisotopic (exact) mass is 315 g/mol. The van der Waals surface area contributed by atoms with Gasteiger partial charge < -0.3 is 5.73 Å². The number of sulfonamides is 1. The van der Waals surface area contributed by atoms with Gasteiger partial charge in [0.1, 0.15) is 4.21 Å². The summed E-state index contributed by atoms with van der Waals surface area (Å²) in [5, 5.41) is 0.465. The normalized spacial score (nSPS) is 14.6. The SMILES string of the molecule is NCc1ccc(S(=O)(=O)Nc2nc3c(s2)CCC3)s1. The highest BCUT2D eigenvalue weighted by Crippen LogP contribution is 2.32. The molecular weight excluding hydrogens is 302 g/mol. The summed E-state index contributed by atoms with van der Waals surface area (Å²) in [4.78, 5) is 6.39. The third-order valence-electron chi connectivity index (χ3n) is 2.92. The molecule has 0 atom stereocenters. The number of anilines is 1. The number of hydrogen-bond acceptors (Lipinski definition) is 6. The zero-order valence-electron chi connectivity index (χ0n) is 10.0. The summed E-state index contributed by atoms with van der Waals surface area (Å²) in [5.74, 6) is 0. The zero-order chi connectivity index (χ0) is 13.5. The van der Waals surface area contributed by atoms with Crippen LogP contribution >= 0.6 is 22.7 Å². The first-order chi connectivity index (χ1) is 9.08. The summed E-state index contributed by atoms with van der Waals surface area (Å²) >= 11 is 2.63. The summed E-state index contributed by atoms with van der Waals surface area (Å²) in [6.45, 7) is 0.353. The van der Waals surface area contributed by atoms with Gasteiger partial charge >= 0.3 is 0 Å². The molecule has 19 heavy (non-hydrogen) atoms. The summed E-state index contributed by atoms with van der Waals surface area (Å²) in [7, 11) is -3.53. The van der Waals surface area contributed by atoms with Crippen LogP contribution in [0.5, 0.6) is 0 Å². The number of nitrogens with two attached hydrogens (primary N) is 1. The molecule has 1 aliphatic rings. The third-order valence-corrected chi connectivity index (χ3v) is 7.06. The van der Waals surface area contributed by atoms with E-state index in [4.69, 9.17) is 5.73 Å². The Balaban J connectivity index is 1.84. The van der Waals surface area contributed by atoms with Gasteiger partial charge in [-0.1, -0.05) is 0 Å². The van der Waals surface area contributed by atoms with E-state index < -0.39 is 10.0 Å². The van der Waals surface area contributed by atoms with Crippen LogP contribution in [0.15, 0.2) is 16.3 Å². The number of aromatic nitrogens is 1. The number of nitrogens with zero attached hydrogens (tertiary/aromatic N) is 1. The van der Waals surface area contributed by atoms with Crippen LogP contribution in [-0.4, -0.2) is 13.4 Å². The molecule has 2 heterocycles. The molecule has 8 heteroatoms. The molecule has 5 nitrogen and oxygen atoms in total. The molecule has 0 aliphatic heterocycles. The average molecular weight is 315 g/mol. The maximum atomic E-state index is 12.2. The summed E-state index contributed by atoms with van der Waals surface area (Å²) < 4.78 is 27.2. The number of fused-ring (bicyclic) bond motifs is 1. The van der Waals surface area contributed by atoms with Crippen LogP contribution in [0.3, 0.4) is 0 Å². The highest BCUT2D eigenvalue weighted by molar-refractivity contribution is 7.94. The summed E-state index contributed by atoms with van der Waals surface area (Å²) in [5.41, 5.74) is 6.53. The number of rotatable bonds is 4. The van der Waals surface area contributed by atoms with E-state index in [9.17, 15) is 8.42 Å². The molecule has 0 spiro atoms. The molecule has 0 saturated carbocycles. The largest absolute Gasteiger partial charge is 0.326 e. The van der Waals surface area contributed by atoms with Gasteiger partial charge in [0.05, 0.1) is 5.69 Å². The maximum Gasteiger partial charge on any atom is 0.273 e. The lowest BCUT2D eigenvalue weighted by Crippen LogP contribution is -2.11. The zero-order valence-corrected chi connectivity index (χ0v) is 12.5. The van der Waals surface area contributed by atoms with Crippen LogP contribution in [0.2, 0.25) is 0 Å². The quantitative estimate of drug-likeness (QED) is 0.903. The Kier molecular flexibility index (Phi) is 3.34. The Bertz CT molecular complexity index is 681. The first kappa shape index (κ1) is 13.0. The lowest BCUT2D eigenvalue weighted by Gasteiger charge is -2.02. The lowest BCUT2D eigenvalue weighted by atomic mass is 10.4. The number of nitrogens with one attached hydrogen (secondary N) is 1. The van der Waals surface area contributed by atoms with Crippen LogP contribution < -0.4 is 10.5 Å². The summed E-state index contributed by atoms with van der Waals surface area (Å²) in [6, 6.07) is 3.32. The highest BCUT2D eigenvalue weighted by Gasteiger charge is 2.22. The van der Waals surface area contributed by atoms with Gasteiger partial charge in [0, 0.05) is 16.3 Å². The molecule has 0 radical (unpaired) electrons. The van der Waals surface area contributed by atoms with E-state index in [1.165, 1.54) is 27.6 Å². The molecule has 3 N–H and O–H groups in total. The molecule has 2 aromatic rings. The lowest BCUT2D eigenvalue weighted by molar-refractivity contribution is 0.603. The van der Waals surface area contributed by atoms with Crippen molar-refractivity contribution in [2.45, 2.75) is 30.0 Å². The second-order valence-corrected chi connectivity index (χ2v) is 8.43. The van der Waals surface area contributed by atoms with Crippen molar-refractivity contribution in [3.8, 4) is 0 Å². The number of hydrogen-bond donors (Lipinski definition) is 2. The Hall–Kier alpha value is -0.960. The van der Waals surface area contributed by atoms with Crippen LogP contribution in [0.25, 0.3) is 0 Å². The van der Waals surface area contributed by atoms with Crippen LogP contribution in [-0.2, 0) is 29.4 Å². The first-order valence-electron chi connectivity index (χ1n) is 5.88. The molecule has 2 aromatic heterocycles. The second-order valence-electron chi connectivity index (χ2n) is 4.27. The fourth-order valence-electron chi connectivity index (χ4n) is 2.01. The highest BCUT2D eigenvalue weighted by atomic mass is 32.2. The van der Waals surface area contributed by atoms with Gasteiger partial charge in [-0.3, -0.25) is 4.72 Å². The number of thiazole rings is 1. The molecule has 0 aromatic carbocycles. The van der Waals surface area contributed by atoms with Crippen molar-refractivity contribution in [1.82, 2.24) is 4.98 Å². The van der Waals surface area contributed by atoms with Crippen molar-refractivity contribution in [2.75, 3.05) is 4.72 Å². The molecule has 0 fully saturated rings. The van der Waals surface area contributed by atoms with Gasteiger partial charge in [0.2, 0.25) is 0 Å². The second kappa shape index (κ2) is 4.86. The molecule has 1 aliphatic carbocycles. The van der Waals surface area contributed by atoms with E-state index in [-0.39, 0.29) is 4.21 Å². The fourth-order valence-corrected chi connectivity index (χ4v) is 5.53. The predicted octanol–water partition coefficient (Wildman–Crippen LogP) is 1.95. The minimum Gasteiger partial charge on any atom is -0.326 e. The Morgan fingerprint density at radius 2 is 2.16 bits per heavy atom. The van der Waals surface area contributed by atoms with Crippen molar-refractivity contribution < 1.29 is 8.42 Å². The standard InChI is InChI=1S/C11H13N3O2S3/c12-6-7-4-5-10(17-7)19(15,16)14-11-13-8-2-1-3-9(8)18-11/h4-5H,1-3,6,12H2,(H,13,14). The molecular formula is C11H13N3O2S3. The molecule has 0 amide bonds. The maximum absolute atomic E-state index is 12.2. The van der Waals surface area contributed by atoms with Gasteiger partial charge in [-0.2, -0.15) is 0 Å². The first-order valence-corrected chi connectivity index (χ1v) is 9.00. The number of aryl methyl sites for hydroxylation is 2. The van der Waals surface area contributed by atoms with Gasteiger partial charge in [-0.25, -0.2) is 13.4 Å². The van der Waals surface area contributed by atoms with Gasteiger partial charge in [0.15, 0.2) is 5.13 Å². The van der Waals surface area contributed by atoms with E-state index in [2.05, 4.69) is 9.71 Å². The van der Waals surface area contributed by atoms with Crippen LogP contribution in [0, 0.1) is 0 Å². The Morgan fingerprint density at radius 1 is 1.32 bits per heavy atom. The molecule has 0 bridgehead atoms. The van der Waals surface area contributed by atoms with Gasteiger partial charge in [0.25, 0.3) is 10.0 Å². The van der Waals surface area contributed by atoms with E-state index >= 15 is 0 Å². The average Bonchev–Trinajstić information content (AvgIpc) is 3.01. The van der Waals surface area contributed by atoms with Crippen molar-refractivity contribution in [2.24, 2.45) is 5.73 Å². The van der Waals surface area contributed by atoms with E-state index in [0.717, 1.165) is 29.8 Å². The molecule has 102 valence electrons. The number of thiophene rings is 1. The van der Waals surface area contributed by atoms with Gasteiger partial charge in [-0.05, 0) is 31.4 Å². The smallest absolute Gasteiger partial charge is 0.273 e. The van der Waals surface area contributed by atoms with Crippen molar-refractivity contribution >= 4 is 37.8 Å². The predicted molar refractivity (Wildman–Crippen MR) is 77.2 cm³/mol. The fraction of sp³-hybridized carbons (Fsp3) is 0.364. The van der Waals surface area contributed by atoms with Gasteiger partial charge in [-0.15, -0.1) is 22.7 Å². The molecule has 3 rings (SSSR count). The third kappa shape index (κ3) is 2.53. The Labute approximate surface area is 119 Å². The van der Waals surface area contributed by atoms with E-state index in [0.29, 0.717) is 11.7 Å². The van der Waals surface area contributed by atoms with Crippen molar-refractivity contribution in [1.29, 1.82) is 0 Å². The van der Waals surface area contributed by atoms with Crippen LogP contribution in [0.4, 0.5) is 5.13 Å². The Morgan fingerprint density at radius 3 is 2.84 bits per heavy atom.